The number of aliphatic hydroxyl groups excluding tert-OH is 1. The molecule has 6 nitrogen and oxygen atoms in total. The maximum absolute atomic E-state index is 10.9. The highest BCUT2D eigenvalue weighted by Crippen LogP contribution is 2.24. The summed E-state index contributed by atoms with van der Waals surface area (Å²) in [6, 6.07) is 7.56. The molecule has 1 atom stereocenters. The van der Waals surface area contributed by atoms with Gasteiger partial charge in [-0.15, -0.1) is 0 Å². The summed E-state index contributed by atoms with van der Waals surface area (Å²) in [7, 11) is 1.61. The van der Waals surface area contributed by atoms with Gasteiger partial charge in [-0.2, -0.15) is 0 Å². The van der Waals surface area contributed by atoms with Crippen molar-refractivity contribution in [3.63, 3.8) is 0 Å². The molecule has 0 radical (unpaired) electrons. The van der Waals surface area contributed by atoms with Crippen molar-refractivity contribution in [3.05, 3.63) is 41.7 Å². The largest absolute Gasteiger partial charge is 0.549 e. The number of carboxylic acid groups (broad SMARTS) is 1. The fourth-order valence-corrected chi connectivity index (χ4v) is 2.70. The number of benzene rings is 1. The van der Waals surface area contributed by atoms with Gasteiger partial charge in [0, 0.05) is 18.0 Å². The van der Waals surface area contributed by atoms with Gasteiger partial charge >= 0.3 is 0 Å². The Morgan fingerprint density at radius 3 is 2.68 bits per heavy atom. The molecule has 1 N–H and O–H groups in total. The summed E-state index contributed by atoms with van der Waals surface area (Å²) in [6.07, 6.45) is 1.72. The Balaban J connectivity index is 2.20. The average molecular weight is 321 g/mol. The van der Waals surface area contributed by atoms with Gasteiger partial charge in [0.2, 0.25) is 0 Å². The third-order valence-electron chi connectivity index (χ3n) is 3.08. The highest BCUT2D eigenvalue weighted by atomic mass is 32.2. The summed E-state index contributed by atoms with van der Waals surface area (Å²) in [6.45, 7) is 1.88. The normalized spacial score (nSPS) is 12.1. The molecule has 0 fully saturated rings. The molecule has 0 saturated heterocycles. The number of aliphatic carboxylic acids is 1. The Kier molecular flexibility index (Phi) is 5.46. The predicted molar refractivity (Wildman–Crippen MR) is 80.6 cm³/mol. The molecule has 0 aliphatic carbocycles. The summed E-state index contributed by atoms with van der Waals surface area (Å²) in [5, 5.41) is 19.9. The van der Waals surface area contributed by atoms with Gasteiger partial charge in [0.1, 0.15) is 5.75 Å². The van der Waals surface area contributed by atoms with Crippen molar-refractivity contribution in [2.24, 2.45) is 0 Å². The number of hydrogen-bond acceptors (Lipinski definition) is 6. The summed E-state index contributed by atoms with van der Waals surface area (Å²) >= 11 is 1.10. The van der Waals surface area contributed by atoms with Crippen LogP contribution in [0.5, 0.6) is 5.75 Å². The zero-order chi connectivity index (χ0) is 16.1. The number of carbonyl (C=O) groups is 1. The number of carbonyl (C=O) groups excluding carboxylic acids is 1. The van der Waals surface area contributed by atoms with Gasteiger partial charge in [0.05, 0.1) is 25.4 Å². The first-order valence-corrected chi connectivity index (χ1v) is 7.58. The van der Waals surface area contributed by atoms with E-state index in [1.807, 2.05) is 28.8 Å². The predicted octanol–water partition coefficient (Wildman–Crippen LogP) is 0.663. The molecule has 0 aliphatic rings. The molecule has 7 heteroatoms. The third-order valence-corrected chi connectivity index (χ3v) is 4.16. The van der Waals surface area contributed by atoms with E-state index in [0.29, 0.717) is 17.4 Å². The minimum Gasteiger partial charge on any atom is -0.549 e. The van der Waals surface area contributed by atoms with Crippen LogP contribution in [0.25, 0.3) is 0 Å². The molecule has 0 spiro atoms. The number of carboxylic acids is 1. The summed E-state index contributed by atoms with van der Waals surface area (Å²) in [5.41, 5.74) is 1.52. The van der Waals surface area contributed by atoms with Crippen LogP contribution in [-0.2, 0) is 17.9 Å². The zero-order valence-corrected chi connectivity index (χ0v) is 13.2. The second kappa shape index (κ2) is 7.33. The minimum absolute atomic E-state index is 0.192. The second-order valence-corrected chi connectivity index (χ2v) is 6.04. The Morgan fingerprint density at radius 1 is 1.45 bits per heavy atom. The number of thioether (sulfide) groups is 1. The first-order chi connectivity index (χ1) is 10.5. The molecule has 0 unspecified atom stereocenters. The molecule has 0 aliphatic heterocycles. The van der Waals surface area contributed by atoms with E-state index in [-0.39, 0.29) is 6.61 Å². The lowest BCUT2D eigenvalue weighted by atomic mass is 10.2. The maximum Gasteiger partial charge on any atom is 0.169 e. The maximum atomic E-state index is 10.9. The average Bonchev–Trinajstić information content (AvgIpc) is 2.90. The Bertz CT molecular complexity index is 639. The van der Waals surface area contributed by atoms with Gasteiger partial charge in [0.25, 0.3) is 0 Å². The smallest absolute Gasteiger partial charge is 0.169 e. The molecule has 1 aromatic carbocycles. The van der Waals surface area contributed by atoms with Gasteiger partial charge in [-0.05, 0) is 24.6 Å². The number of methoxy groups -OCH3 is 1. The van der Waals surface area contributed by atoms with E-state index < -0.39 is 11.2 Å². The first kappa shape index (κ1) is 16.4. The fourth-order valence-electron chi connectivity index (χ4n) is 1.87. The lowest BCUT2D eigenvalue weighted by molar-refractivity contribution is -0.304. The monoisotopic (exact) mass is 321 g/mol. The number of ether oxygens (including phenoxy) is 1. The van der Waals surface area contributed by atoms with Crippen molar-refractivity contribution in [3.8, 4) is 5.75 Å². The molecule has 1 aromatic heterocycles. The van der Waals surface area contributed by atoms with Crippen LogP contribution in [-0.4, -0.2) is 33.0 Å². The van der Waals surface area contributed by atoms with Gasteiger partial charge < -0.3 is 24.3 Å². The highest BCUT2D eigenvalue weighted by Gasteiger charge is 2.13. The van der Waals surface area contributed by atoms with Gasteiger partial charge in [-0.1, -0.05) is 23.9 Å². The Morgan fingerprint density at radius 2 is 2.14 bits per heavy atom. The molecule has 118 valence electrons. The standard InChI is InChI=1S/C15H18N2O4S/c1-10(14(19)20)22-15-16-12(9-18)8-17(15)7-11-3-5-13(21-2)6-4-11/h3-6,8,10,18H,7,9H2,1-2H3,(H,19,20)/p-1/t10-/m0/s1. The first-order valence-electron chi connectivity index (χ1n) is 6.71. The van der Waals surface area contributed by atoms with Gasteiger partial charge in [0.15, 0.2) is 5.16 Å². The van der Waals surface area contributed by atoms with E-state index in [0.717, 1.165) is 23.1 Å². The minimum atomic E-state index is -1.14. The van der Waals surface area contributed by atoms with Crippen molar-refractivity contribution >= 4 is 17.7 Å². The summed E-state index contributed by atoms with van der Waals surface area (Å²) in [5.74, 6) is -0.375. The number of aromatic nitrogens is 2. The second-order valence-electron chi connectivity index (χ2n) is 4.73. The number of nitrogens with zero attached hydrogens (tertiary/aromatic N) is 2. The van der Waals surface area contributed by atoms with Crippen LogP contribution in [0, 0.1) is 0 Å². The summed E-state index contributed by atoms with van der Waals surface area (Å²) in [4.78, 5) is 15.1. The summed E-state index contributed by atoms with van der Waals surface area (Å²) < 4.78 is 6.93. The van der Waals surface area contributed by atoms with E-state index in [1.54, 1.807) is 20.2 Å². The molecular weight excluding hydrogens is 304 g/mol. The van der Waals surface area contributed by atoms with Crippen molar-refractivity contribution in [2.45, 2.75) is 30.5 Å². The molecule has 0 amide bonds. The van der Waals surface area contributed by atoms with Gasteiger partial charge in [-0.3, -0.25) is 0 Å². The molecule has 2 aromatic rings. The third kappa shape index (κ3) is 4.02. The molecule has 22 heavy (non-hydrogen) atoms. The fraction of sp³-hybridized carbons (Fsp3) is 0.333. The number of aliphatic hydroxyl groups is 1. The molecule has 1 heterocycles. The SMILES string of the molecule is COc1ccc(Cn2cc(CO)nc2S[C@@H](C)C(=O)[O-])cc1. The Labute approximate surface area is 132 Å². The van der Waals surface area contributed by atoms with E-state index in [2.05, 4.69) is 4.98 Å². The molecule has 2 rings (SSSR count). The zero-order valence-electron chi connectivity index (χ0n) is 12.4. The van der Waals surface area contributed by atoms with E-state index in [1.165, 1.54) is 0 Å². The molecule has 0 bridgehead atoms. The quantitative estimate of drug-likeness (QED) is 0.754. The Hall–Kier alpha value is -1.99. The van der Waals surface area contributed by atoms with Crippen LogP contribution in [0.4, 0.5) is 0 Å². The highest BCUT2D eigenvalue weighted by molar-refractivity contribution is 8.00. The van der Waals surface area contributed by atoms with Gasteiger partial charge in [-0.25, -0.2) is 4.98 Å². The topological polar surface area (TPSA) is 87.4 Å². The van der Waals surface area contributed by atoms with Crippen LogP contribution in [0.15, 0.2) is 35.6 Å². The van der Waals surface area contributed by atoms with E-state index in [9.17, 15) is 15.0 Å². The van der Waals surface area contributed by atoms with Crippen molar-refractivity contribution in [2.75, 3.05) is 7.11 Å². The lowest BCUT2D eigenvalue weighted by Crippen LogP contribution is -2.31. The van der Waals surface area contributed by atoms with Crippen LogP contribution >= 0.6 is 11.8 Å². The lowest BCUT2D eigenvalue weighted by Gasteiger charge is -2.13. The number of rotatable bonds is 7. The molecular formula is C15H17N2O4S-. The van der Waals surface area contributed by atoms with Crippen LogP contribution < -0.4 is 9.84 Å². The molecule has 0 saturated carbocycles. The van der Waals surface area contributed by atoms with Crippen molar-refractivity contribution in [1.82, 2.24) is 9.55 Å². The van der Waals surface area contributed by atoms with Crippen molar-refractivity contribution in [1.29, 1.82) is 0 Å². The van der Waals surface area contributed by atoms with E-state index >= 15 is 0 Å². The van der Waals surface area contributed by atoms with Crippen molar-refractivity contribution < 1.29 is 19.7 Å². The number of imidazole rings is 1. The van der Waals surface area contributed by atoms with Crippen LogP contribution in [0.2, 0.25) is 0 Å². The van der Waals surface area contributed by atoms with E-state index in [4.69, 9.17) is 4.74 Å². The van der Waals surface area contributed by atoms with Crippen LogP contribution in [0.1, 0.15) is 18.2 Å². The number of hydrogen-bond donors (Lipinski definition) is 1. The van der Waals surface area contributed by atoms with Crippen LogP contribution in [0.3, 0.4) is 0 Å².